The number of halogens is 3. The van der Waals surface area contributed by atoms with Crippen LogP contribution in [0.25, 0.3) is 0 Å². The molecule has 0 aromatic rings. The molecule has 2 nitrogen and oxygen atoms in total. The van der Waals surface area contributed by atoms with Gasteiger partial charge in [-0.25, -0.2) is 0 Å². The molecule has 0 radical (unpaired) electrons. The maximum Gasteiger partial charge on any atom is 0.391 e. The van der Waals surface area contributed by atoms with Crippen molar-refractivity contribution in [2.45, 2.75) is 104 Å². The molecule has 33 heavy (non-hydrogen) atoms. The second-order valence-corrected chi connectivity index (χ2v) is 12.8. The predicted molar refractivity (Wildman–Crippen MR) is 126 cm³/mol. The minimum absolute atomic E-state index is 0.0626. The minimum Gasteiger partial charge on any atom is -0.390 e. The Hall–Kier alpha value is -0.550. The van der Waals surface area contributed by atoms with Gasteiger partial charge in [0.05, 0.1) is 18.1 Å². The molecule has 190 valence electrons. The Morgan fingerprint density at radius 1 is 1.06 bits per heavy atom. The van der Waals surface area contributed by atoms with E-state index in [1.54, 1.807) is 0 Å². The molecule has 5 heteroatoms. The van der Waals surface area contributed by atoms with Gasteiger partial charge in [-0.3, -0.25) is 0 Å². The van der Waals surface area contributed by atoms with Crippen molar-refractivity contribution in [3.63, 3.8) is 0 Å². The maximum atomic E-state index is 13.1. The van der Waals surface area contributed by atoms with Crippen LogP contribution < -0.4 is 0 Å². The van der Waals surface area contributed by atoms with Crippen LogP contribution in [-0.2, 0) is 4.74 Å². The number of fused-ring (bicyclic) bond motifs is 5. The van der Waals surface area contributed by atoms with Crippen molar-refractivity contribution >= 4 is 0 Å². The first-order chi connectivity index (χ1) is 15.3. The van der Waals surface area contributed by atoms with E-state index in [0.29, 0.717) is 36.0 Å². The van der Waals surface area contributed by atoms with Crippen LogP contribution in [0.15, 0.2) is 11.6 Å². The smallest absolute Gasteiger partial charge is 0.390 e. The van der Waals surface area contributed by atoms with Gasteiger partial charge in [0.2, 0.25) is 0 Å². The summed E-state index contributed by atoms with van der Waals surface area (Å²) in [5, 5.41) is 10.8. The summed E-state index contributed by atoms with van der Waals surface area (Å²) in [6.45, 7) is 8.72. The van der Waals surface area contributed by atoms with Gasteiger partial charge in [-0.15, -0.1) is 0 Å². The number of allylic oxidation sites excluding steroid dienone is 1. The monoisotopic (exact) mass is 470 g/mol. The van der Waals surface area contributed by atoms with Crippen molar-refractivity contribution in [2.75, 3.05) is 13.7 Å². The van der Waals surface area contributed by atoms with Gasteiger partial charge >= 0.3 is 6.18 Å². The van der Waals surface area contributed by atoms with Crippen LogP contribution >= 0.6 is 0 Å². The Balaban J connectivity index is 1.52. The molecule has 4 aliphatic carbocycles. The summed E-state index contributed by atoms with van der Waals surface area (Å²) in [7, 11) is 1.81. The lowest BCUT2D eigenvalue weighted by molar-refractivity contribution is -0.172. The van der Waals surface area contributed by atoms with Gasteiger partial charge in [0, 0.05) is 12.5 Å². The zero-order valence-corrected chi connectivity index (χ0v) is 21.3. The van der Waals surface area contributed by atoms with Gasteiger partial charge in [0.1, 0.15) is 0 Å². The van der Waals surface area contributed by atoms with E-state index < -0.39 is 17.7 Å². The topological polar surface area (TPSA) is 29.5 Å². The number of methoxy groups -OCH3 is 1. The summed E-state index contributed by atoms with van der Waals surface area (Å²) < 4.78 is 45.0. The highest BCUT2D eigenvalue weighted by Gasteiger charge is 2.61. The molecule has 0 heterocycles. The van der Waals surface area contributed by atoms with E-state index in [2.05, 4.69) is 19.9 Å². The fourth-order valence-corrected chi connectivity index (χ4v) is 8.99. The second kappa shape index (κ2) is 8.84. The average molecular weight is 471 g/mol. The Bertz CT molecular complexity index is 744. The van der Waals surface area contributed by atoms with Crippen LogP contribution in [0, 0.1) is 46.3 Å². The number of ether oxygens (including phenoxy) is 1. The first kappa shape index (κ1) is 25.5. The van der Waals surface area contributed by atoms with Crippen molar-refractivity contribution in [3.05, 3.63) is 11.6 Å². The standard InChI is InChI=1S/C28H45F3O2/c1-18(6-7-19(2)28(29,30)31)22-10-11-23-21-9-8-20-16-25(3,32)14-15-27(20,17-33-5)24(21)12-13-26(22,23)4/h8,18-19,21-24,32H,6-7,9-17H2,1-5H3/t18-,19?,21+,22-,23+,24+,25+,26-,27-/m1/s1. The first-order valence-corrected chi connectivity index (χ1v) is 13.3. The van der Waals surface area contributed by atoms with Crippen molar-refractivity contribution in [1.82, 2.24) is 0 Å². The maximum absolute atomic E-state index is 13.1. The van der Waals surface area contributed by atoms with Gasteiger partial charge in [0.15, 0.2) is 0 Å². The fraction of sp³-hybridized carbons (Fsp3) is 0.929. The normalized spacial score (nSPS) is 44.9. The van der Waals surface area contributed by atoms with E-state index >= 15 is 0 Å². The van der Waals surface area contributed by atoms with Crippen LogP contribution in [0.5, 0.6) is 0 Å². The third-order valence-electron chi connectivity index (χ3n) is 10.9. The number of rotatable bonds is 6. The number of hydrogen-bond donors (Lipinski definition) is 1. The molecule has 3 saturated carbocycles. The highest BCUT2D eigenvalue weighted by Crippen LogP contribution is 2.68. The van der Waals surface area contributed by atoms with E-state index in [-0.39, 0.29) is 17.3 Å². The van der Waals surface area contributed by atoms with E-state index in [9.17, 15) is 18.3 Å². The quantitative estimate of drug-likeness (QED) is 0.406. The lowest BCUT2D eigenvalue weighted by atomic mass is 9.46. The molecular formula is C28H45F3O2. The van der Waals surface area contributed by atoms with E-state index in [0.717, 1.165) is 38.7 Å². The van der Waals surface area contributed by atoms with Crippen LogP contribution in [0.1, 0.15) is 91.9 Å². The van der Waals surface area contributed by atoms with Gasteiger partial charge in [0.25, 0.3) is 0 Å². The van der Waals surface area contributed by atoms with E-state index in [1.165, 1.54) is 31.8 Å². The zero-order chi connectivity index (χ0) is 24.2. The zero-order valence-electron chi connectivity index (χ0n) is 21.3. The van der Waals surface area contributed by atoms with Crippen LogP contribution in [-0.4, -0.2) is 30.6 Å². The summed E-state index contributed by atoms with van der Waals surface area (Å²) in [5.74, 6) is 1.55. The first-order valence-electron chi connectivity index (χ1n) is 13.3. The molecule has 4 rings (SSSR count). The number of aliphatic hydroxyl groups is 1. The van der Waals surface area contributed by atoms with Crippen molar-refractivity contribution in [2.24, 2.45) is 46.3 Å². The lowest BCUT2D eigenvalue weighted by Crippen LogP contribution is -2.54. The molecule has 0 aliphatic heterocycles. The second-order valence-electron chi connectivity index (χ2n) is 12.8. The van der Waals surface area contributed by atoms with Crippen molar-refractivity contribution in [1.29, 1.82) is 0 Å². The summed E-state index contributed by atoms with van der Waals surface area (Å²) in [5.41, 5.74) is 1.12. The summed E-state index contributed by atoms with van der Waals surface area (Å²) >= 11 is 0. The Morgan fingerprint density at radius 2 is 1.79 bits per heavy atom. The molecular weight excluding hydrogens is 425 g/mol. The van der Waals surface area contributed by atoms with Gasteiger partial charge in [-0.2, -0.15) is 13.2 Å². The average Bonchev–Trinajstić information content (AvgIpc) is 3.08. The molecule has 3 fully saturated rings. The third-order valence-corrected chi connectivity index (χ3v) is 10.9. The molecule has 4 aliphatic rings. The minimum atomic E-state index is -4.08. The molecule has 0 aromatic carbocycles. The fourth-order valence-electron chi connectivity index (χ4n) is 8.99. The molecule has 0 spiro atoms. The van der Waals surface area contributed by atoms with Crippen LogP contribution in [0.3, 0.4) is 0 Å². The Kier molecular flexibility index (Phi) is 6.84. The van der Waals surface area contributed by atoms with Crippen molar-refractivity contribution < 1.29 is 23.0 Å². The summed E-state index contributed by atoms with van der Waals surface area (Å²) in [4.78, 5) is 0. The van der Waals surface area contributed by atoms with Gasteiger partial charge < -0.3 is 9.84 Å². The highest BCUT2D eigenvalue weighted by atomic mass is 19.4. The van der Waals surface area contributed by atoms with Gasteiger partial charge in [-0.1, -0.05) is 32.4 Å². The van der Waals surface area contributed by atoms with Crippen molar-refractivity contribution in [3.8, 4) is 0 Å². The van der Waals surface area contributed by atoms with Crippen LogP contribution in [0.2, 0.25) is 0 Å². The molecule has 9 atom stereocenters. The molecule has 0 saturated heterocycles. The van der Waals surface area contributed by atoms with Crippen LogP contribution in [0.4, 0.5) is 13.2 Å². The largest absolute Gasteiger partial charge is 0.391 e. The highest BCUT2D eigenvalue weighted by molar-refractivity contribution is 5.28. The third kappa shape index (κ3) is 4.43. The summed E-state index contributed by atoms with van der Waals surface area (Å²) in [6, 6.07) is 0. The molecule has 1 unspecified atom stereocenters. The molecule has 0 bridgehead atoms. The number of hydrogen-bond acceptors (Lipinski definition) is 2. The van der Waals surface area contributed by atoms with Gasteiger partial charge in [-0.05, 0) is 106 Å². The molecule has 1 N–H and O–H groups in total. The SMILES string of the molecule is COC[C@]12CC[C@](C)(O)CC1=CC[C@@H]1[C@@H]2CC[C@]2(C)[C@@H]([C@H](C)CCC(C)C(F)(F)F)CC[C@@H]12. The predicted octanol–water partition coefficient (Wildman–Crippen LogP) is 7.56. The Morgan fingerprint density at radius 3 is 2.45 bits per heavy atom. The summed E-state index contributed by atoms with van der Waals surface area (Å²) in [6.07, 6.45) is 7.71. The lowest BCUT2D eigenvalue weighted by Gasteiger charge is -2.60. The molecule has 0 amide bonds. The Labute approximate surface area is 198 Å². The van der Waals surface area contributed by atoms with E-state index in [4.69, 9.17) is 4.74 Å². The van der Waals surface area contributed by atoms with E-state index in [1.807, 2.05) is 14.0 Å². The number of alkyl halides is 3. The molecule has 0 aromatic heterocycles.